The van der Waals surface area contributed by atoms with Crippen LogP contribution in [0.5, 0.6) is 11.5 Å². The molecule has 0 radical (unpaired) electrons. The Kier molecular flexibility index (Phi) is 11.5. The molecule has 0 saturated carbocycles. The molecule has 2 aliphatic heterocycles. The number of benzene rings is 3. The molecular weight excluding hydrogens is 681 g/mol. The molecule has 4 amide bonds. The second-order valence-electron chi connectivity index (χ2n) is 13.4. The van der Waals surface area contributed by atoms with Crippen LogP contribution in [0, 0.1) is 0 Å². The molecular formula is C37H43Cl2N5O6. The molecule has 0 bridgehead atoms. The van der Waals surface area contributed by atoms with Crippen LogP contribution in [-0.4, -0.2) is 90.1 Å². The van der Waals surface area contributed by atoms with Crippen molar-refractivity contribution in [2.75, 3.05) is 39.8 Å². The van der Waals surface area contributed by atoms with Gasteiger partial charge in [-0.15, -0.1) is 0 Å². The van der Waals surface area contributed by atoms with Crippen molar-refractivity contribution in [2.45, 2.75) is 58.4 Å². The van der Waals surface area contributed by atoms with Crippen LogP contribution < -0.4 is 14.8 Å². The monoisotopic (exact) mass is 723 g/mol. The summed E-state index contributed by atoms with van der Waals surface area (Å²) in [6.07, 6.45) is -0.732. The predicted octanol–water partition coefficient (Wildman–Crippen LogP) is 7.12. The molecule has 2 aliphatic rings. The molecule has 1 saturated heterocycles. The summed E-state index contributed by atoms with van der Waals surface area (Å²) < 4.78 is 17.1. The van der Waals surface area contributed by atoms with E-state index in [0.717, 1.165) is 11.1 Å². The number of alkyl carbamates (subject to hydrolysis) is 1. The molecule has 3 aromatic rings. The summed E-state index contributed by atoms with van der Waals surface area (Å²) in [7, 11) is 1.58. The Bertz CT molecular complexity index is 1730. The van der Waals surface area contributed by atoms with Crippen LogP contribution in [0.4, 0.5) is 9.59 Å². The van der Waals surface area contributed by atoms with Gasteiger partial charge in [-0.05, 0) is 82.1 Å². The summed E-state index contributed by atoms with van der Waals surface area (Å²) in [6, 6.07) is 18.6. The molecule has 2 atom stereocenters. The van der Waals surface area contributed by atoms with Gasteiger partial charge in [0.05, 0.1) is 24.8 Å². The van der Waals surface area contributed by atoms with E-state index < -0.39 is 23.8 Å². The van der Waals surface area contributed by atoms with E-state index in [1.165, 1.54) is 4.90 Å². The molecule has 0 unspecified atom stereocenters. The molecule has 50 heavy (non-hydrogen) atoms. The third-order valence-corrected chi connectivity index (χ3v) is 8.63. The molecule has 266 valence electrons. The normalized spacial score (nSPS) is 17.9. The first-order valence-corrected chi connectivity index (χ1v) is 17.3. The maximum atomic E-state index is 14.8. The quantitative estimate of drug-likeness (QED) is 0.252. The number of amidine groups is 1. The molecule has 0 aromatic heterocycles. The Morgan fingerprint density at radius 2 is 1.60 bits per heavy atom. The number of carbonyl (C=O) groups excluding carboxylic acids is 3. The van der Waals surface area contributed by atoms with Crippen molar-refractivity contribution >= 4 is 47.1 Å². The number of carbonyl (C=O) groups is 3. The number of hydrogen-bond acceptors (Lipinski definition) is 7. The zero-order chi connectivity index (χ0) is 36.2. The first-order valence-electron chi connectivity index (χ1n) is 16.5. The Balaban J connectivity index is 1.50. The van der Waals surface area contributed by atoms with Gasteiger partial charge in [0.1, 0.15) is 35.5 Å². The molecule has 11 nitrogen and oxygen atoms in total. The van der Waals surface area contributed by atoms with Crippen LogP contribution in [0.3, 0.4) is 0 Å². The molecule has 1 N–H and O–H groups in total. The number of nitrogens with zero attached hydrogens (tertiary/aromatic N) is 4. The fourth-order valence-corrected chi connectivity index (χ4v) is 6.14. The fourth-order valence-electron chi connectivity index (χ4n) is 5.89. The van der Waals surface area contributed by atoms with Crippen LogP contribution in [0.1, 0.15) is 63.4 Å². The number of ether oxygens (including phenoxy) is 3. The second kappa shape index (κ2) is 15.6. The first-order chi connectivity index (χ1) is 23.7. The Morgan fingerprint density at radius 3 is 2.18 bits per heavy atom. The summed E-state index contributed by atoms with van der Waals surface area (Å²) in [5.74, 6) is 1.25. The maximum Gasteiger partial charge on any atom is 0.407 e. The highest BCUT2D eigenvalue weighted by atomic mass is 35.5. The van der Waals surface area contributed by atoms with Crippen LogP contribution in [0.15, 0.2) is 71.7 Å². The molecule has 1 fully saturated rings. The number of nitrogens with one attached hydrogen (secondary N) is 1. The smallest absolute Gasteiger partial charge is 0.407 e. The molecule has 3 aromatic carbocycles. The van der Waals surface area contributed by atoms with E-state index in [4.69, 9.17) is 42.4 Å². The van der Waals surface area contributed by atoms with Crippen molar-refractivity contribution in [1.82, 2.24) is 20.0 Å². The van der Waals surface area contributed by atoms with E-state index in [1.807, 2.05) is 44.2 Å². The lowest BCUT2D eigenvalue weighted by Crippen LogP contribution is -2.57. The number of rotatable bonds is 9. The summed E-state index contributed by atoms with van der Waals surface area (Å²) in [5, 5.41) is 3.82. The number of hydrogen-bond donors (Lipinski definition) is 1. The molecule has 13 heteroatoms. The van der Waals surface area contributed by atoms with Crippen molar-refractivity contribution in [3.8, 4) is 11.5 Å². The largest absolute Gasteiger partial charge is 0.497 e. The molecule has 0 aliphatic carbocycles. The summed E-state index contributed by atoms with van der Waals surface area (Å²) >= 11 is 12.6. The summed E-state index contributed by atoms with van der Waals surface area (Å²) in [6.45, 7) is 10.1. The van der Waals surface area contributed by atoms with Gasteiger partial charge in [-0.2, -0.15) is 0 Å². The van der Waals surface area contributed by atoms with E-state index in [-0.39, 0.29) is 50.8 Å². The minimum atomic E-state index is -0.631. The number of amides is 4. The van der Waals surface area contributed by atoms with Gasteiger partial charge in [0, 0.05) is 42.3 Å². The van der Waals surface area contributed by atoms with Crippen molar-refractivity contribution < 1.29 is 28.6 Å². The van der Waals surface area contributed by atoms with Crippen molar-refractivity contribution in [1.29, 1.82) is 0 Å². The number of halogens is 2. The third kappa shape index (κ3) is 8.81. The average molecular weight is 725 g/mol. The van der Waals surface area contributed by atoms with Gasteiger partial charge in [-0.3, -0.25) is 14.7 Å². The van der Waals surface area contributed by atoms with Crippen LogP contribution >= 0.6 is 23.2 Å². The zero-order valence-electron chi connectivity index (χ0n) is 29.1. The second-order valence-corrected chi connectivity index (χ2v) is 14.2. The zero-order valence-corrected chi connectivity index (χ0v) is 30.6. The van der Waals surface area contributed by atoms with Gasteiger partial charge in [-0.25, -0.2) is 9.59 Å². The highest BCUT2D eigenvalue weighted by Gasteiger charge is 2.45. The highest BCUT2D eigenvalue weighted by Crippen LogP contribution is 2.46. The molecule has 0 spiro atoms. The van der Waals surface area contributed by atoms with Crippen LogP contribution in [-0.2, 0) is 9.53 Å². The number of piperazine rings is 1. The van der Waals surface area contributed by atoms with Crippen LogP contribution in [0.25, 0.3) is 0 Å². The number of methoxy groups -OCH3 is 1. The lowest BCUT2D eigenvalue weighted by molar-refractivity contribution is -0.134. The van der Waals surface area contributed by atoms with Gasteiger partial charge in [-0.1, -0.05) is 47.5 Å². The Hall–Kier alpha value is -4.48. The van der Waals surface area contributed by atoms with Crippen LogP contribution in [0.2, 0.25) is 10.0 Å². The number of aliphatic imine (C=N–C) groups is 1. The third-order valence-electron chi connectivity index (χ3n) is 8.13. The van der Waals surface area contributed by atoms with Crippen molar-refractivity contribution in [2.24, 2.45) is 4.99 Å². The van der Waals surface area contributed by atoms with E-state index in [0.29, 0.717) is 32.9 Å². The van der Waals surface area contributed by atoms with Gasteiger partial charge < -0.3 is 29.3 Å². The SMILES string of the molecule is COc1ccc(C2=N[C@@H](c3ccc(Cl)cc3)[C@@H](c3ccc(Cl)cc3)N2C(=O)N2CCN(CCNC(=O)OC(C)(C)C)C(=O)C2)c(OC(C)C)c1. The minimum Gasteiger partial charge on any atom is -0.497 e. The topological polar surface area (TPSA) is 113 Å². The van der Waals surface area contributed by atoms with Gasteiger partial charge in [0.15, 0.2) is 0 Å². The fraction of sp³-hybridized carbons (Fsp3) is 0.405. The van der Waals surface area contributed by atoms with Gasteiger partial charge in [0.25, 0.3) is 0 Å². The Morgan fingerprint density at radius 1 is 0.960 bits per heavy atom. The highest BCUT2D eigenvalue weighted by molar-refractivity contribution is 6.30. The van der Waals surface area contributed by atoms with E-state index in [9.17, 15) is 14.4 Å². The minimum absolute atomic E-state index is 0.147. The lowest BCUT2D eigenvalue weighted by Gasteiger charge is -2.38. The maximum absolute atomic E-state index is 14.8. The first kappa shape index (κ1) is 36.8. The molecule has 5 rings (SSSR count). The predicted molar refractivity (Wildman–Crippen MR) is 193 cm³/mol. The Labute approximate surface area is 303 Å². The standard InChI is InChI=1S/C37H43Cl2N5O6/c1-23(2)49-30-21-28(48-6)15-16-29(30)34-41-32(24-7-11-26(38)12-8-24)33(25-9-13-27(39)14-10-25)44(34)36(47)43-20-19-42(31(45)22-43)18-17-40-35(46)50-37(3,4)5/h7-16,21,23,32-33H,17-20,22H2,1-6H3,(H,40,46)/t32-,33+/m0/s1. The van der Waals surface area contributed by atoms with Crippen molar-refractivity contribution in [3.63, 3.8) is 0 Å². The summed E-state index contributed by atoms with van der Waals surface area (Å²) in [5.41, 5.74) is 1.62. The lowest BCUT2D eigenvalue weighted by atomic mass is 9.93. The van der Waals surface area contributed by atoms with E-state index in [2.05, 4.69) is 5.32 Å². The van der Waals surface area contributed by atoms with E-state index >= 15 is 0 Å². The summed E-state index contributed by atoms with van der Waals surface area (Å²) in [4.78, 5) is 50.4. The average Bonchev–Trinajstić information content (AvgIpc) is 3.45. The van der Waals surface area contributed by atoms with Gasteiger partial charge >= 0.3 is 12.1 Å². The number of urea groups is 1. The molecule has 2 heterocycles. The van der Waals surface area contributed by atoms with Crippen molar-refractivity contribution in [3.05, 3.63) is 93.5 Å². The van der Waals surface area contributed by atoms with E-state index in [1.54, 1.807) is 74.1 Å². The van der Waals surface area contributed by atoms with Gasteiger partial charge in [0.2, 0.25) is 5.91 Å².